The maximum Gasteiger partial charge on any atom is 0.311 e. The van der Waals surface area contributed by atoms with E-state index in [4.69, 9.17) is 4.74 Å². The molecule has 0 spiro atoms. The lowest BCUT2D eigenvalue weighted by molar-refractivity contribution is -0.134. The molecule has 0 saturated carbocycles. The van der Waals surface area contributed by atoms with Gasteiger partial charge in [-0.3, -0.25) is 4.79 Å². The van der Waals surface area contributed by atoms with E-state index in [0.29, 0.717) is 12.2 Å². The van der Waals surface area contributed by atoms with E-state index < -0.39 is 0 Å². The Balaban J connectivity index is 1.44. The lowest BCUT2D eigenvalue weighted by atomic mass is 9.83. The van der Waals surface area contributed by atoms with Crippen molar-refractivity contribution in [3.8, 4) is 16.9 Å². The van der Waals surface area contributed by atoms with Crippen LogP contribution in [0.25, 0.3) is 16.7 Å². The van der Waals surface area contributed by atoms with E-state index in [-0.39, 0.29) is 5.97 Å². The molecule has 0 aliphatic heterocycles. The number of rotatable bonds is 15. The molecule has 0 heterocycles. The molecular formula is C33H46O2. The number of esters is 1. The van der Waals surface area contributed by atoms with Gasteiger partial charge in [0.25, 0.3) is 0 Å². The van der Waals surface area contributed by atoms with Gasteiger partial charge >= 0.3 is 5.97 Å². The molecule has 0 aromatic heterocycles. The predicted molar refractivity (Wildman–Crippen MR) is 150 cm³/mol. The zero-order valence-electron chi connectivity index (χ0n) is 22.2. The molecule has 0 saturated heterocycles. The maximum atomic E-state index is 12.0. The summed E-state index contributed by atoms with van der Waals surface area (Å²) in [6.45, 7) is 4.46. The highest BCUT2D eigenvalue weighted by Gasteiger charge is 2.15. The summed E-state index contributed by atoms with van der Waals surface area (Å²) < 4.78 is 5.49. The number of hydrogen-bond acceptors (Lipinski definition) is 2. The summed E-state index contributed by atoms with van der Waals surface area (Å²) in [7, 11) is 0. The van der Waals surface area contributed by atoms with Crippen LogP contribution in [0.2, 0.25) is 0 Å². The van der Waals surface area contributed by atoms with Crippen molar-refractivity contribution in [2.24, 2.45) is 5.92 Å². The minimum absolute atomic E-state index is 0.131. The predicted octanol–water partition coefficient (Wildman–Crippen LogP) is 10.2. The van der Waals surface area contributed by atoms with Gasteiger partial charge in [-0.1, -0.05) is 121 Å². The fraction of sp³-hybridized carbons (Fsp3) is 0.545. The van der Waals surface area contributed by atoms with Crippen LogP contribution < -0.4 is 4.74 Å². The van der Waals surface area contributed by atoms with E-state index in [1.165, 1.54) is 93.7 Å². The zero-order valence-corrected chi connectivity index (χ0v) is 22.2. The number of ether oxygens (including phenoxy) is 1. The number of allylic oxidation sites excluding steroid dienone is 2. The second-order valence-electron chi connectivity index (χ2n) is 10.3. The summed E-state index contributed by atoms with van der Waals surface area (Å²) in [5, 5.41) is 0. The normalized spacial score (nSPS) is 15.6. The van der Waals surface area contributed by atoms with Gasteiger partial charge in [-0.05, 0) is 66.0 Å². The third-order valence-electron chi connectivity index (χ3n) is 7.39. The van der Waals surface area contributed by atoms with Gasteiger partial charge in [0.15, 0.2) is 0 Å². The Morgan fingerprint density at radius 2 is 1.31 bits per heavy atom. The summed E-state index contributed by atoms with van der Waals surface area (Å²) in [6.07, 6.45) is 20.9. The molecule has 0 N–H and O–H groups in total. The van der Waals surface area contributed by atoms with Crippen LogP contribution in [0.1, 0.15) is 116 Å². The van der Waals surface area contributed by atoms with Crippen LogP contribution in [0, 0.1) is 5.92 Å². The topological polar surface area (TPSA) is 26.3 Å². The Bertz CT molecular complexity index is 892. The Morgan fingerprint density at radius 1 is 0.743 bits per heavy atom. The highest BCUT2D eigenvalue weighted by Crippen LogP contribution is 2.34. The third-order valence-corrected chi connectivity index (χ3v) is 7.39. The van der Waals surface area contributed by atoms with Crippen molar-refractivity contribution in [1.29, 1.82) is 0 Å². The van der Waals surface area contributed by atoms with Gasteiger partial charge in [0.05, 0.1) is 0 Å². The second-order valence-corrected chi connectivity index (χ2v) is 10.3. The third kappa shape index (κ3) is 9.67. The molecule has 0 amide bonds. The van der Waals surface area contributed by atoms with Crippen LogP contribution in [-0.2, 0) is 4.79 Å². The number of carbonyl (C=O) groups excluding carboxylic acids is 1. The maximum absolute atomic E-state index is 12.0. The van der Waals surface area contributed by atoms with Crippen molar-refractivity contribution in [3.05, 3.63) is 60.2 Å². The Morgan fingerprint density at radius 3 is 1.94 bits per heavy atom. The van der Waals surface area contributed by atoms with Crippen molar-refractivity contribution in [1.82, 2.24) is 0 Å². The molecule has 3 rings (SSSR count). The summed E-state index contributed by atoms with van der Waals surface area (Å²) >= 11 is 0. The number of carbonyl (C=O) groups is 1. The molecular weight excluding hydrogens is 428 g/mol. The van der Waals surface area contributed by atoms with E-state index in [1.54, 1.807) is 0 Å². The van der Waals surface area contributed by atoms with Gasteiger partial charge in [-0.25, -0.2) is 0 Å². The van der Waals surface area contributed by atoms with Crippen molar-refractivity contribution in [2.45, 2.75) is 110 Å². The van der Waals surface area contributed by atoms with Crippen LogP contribution in [0.3, 0.4) is 0 Å². The lowest BCUT2D eigenvalue weighted by Crippen LogP contribution is -2.07. The van der Waals surface area contributed by atoms with Gasteiger partial charge < -0.3 is 4.74 Å². The fourth-order valence-corrected chi connectivity index (χ4v) is 5.10. The van der Waals surface area contributed by atoms with Crippen molar-refractivity contribution in [3.63, 3.8) is 0 Å². The first-order valence-corrected chi connectivity index (χ1v) is 14.3. The number of unbranched alkanes of at least 4 members (excludes halogenated alkanes) is 8. The molecule has 1 aliphatic rings. The highest BCUT2D eigenvalue weighted by molar-refractivity contribution is 5.74. The van der Waals surface area contributed by atoms with Crippen molar-refractivity contribution >= 4 is 11.5 Å². The van der Waals surface area contributed by atoms with Crippen molar-refractivity contribution in [2.75, 3.05) is 0 Å². The molecule has 190 valence electrons. The van der Waals surface area contributed by atoms with Crippen LogP contribution in [0.15, 0.2) is 54.6 Å². The minimum Gasteiger partial charge on any atom is -0.427 e. The van der Waals surface area contributed by atoms with Gasteiger partial charge in [-0.2, -0.15) is 0 Å². The van der Waals surface area contributed by atoms with E-state index in [2.05, 4.69) is 44.2 Å². The fourth-order valence-electron chi connectivity index (χ4n) is 5.10. The molecule has 1 aliphatic carbocycles. The number of benzene rings is 2. The molecule has 0 bridgehead atoms. The SMILES string of the molecule is CCCCCCCCC1CC=C(c2ccc(-c3ccc(OC(=O)CCCCCC)cc3)cc2)CC1. The van der Waals surface area contributed by atoms with E-state index in [0.717, 1.165) is 24.3 Å². The molecule has 2 nitrogen and oxygen atoms in total. The molecule has 2 heteroatoms. The largest absolute Gasteiger partial charge is 0.427 e. The Hall–Kier alpha value is -2.35. The van der Waals surface area contributed by atoms with Gasteiger partial charge in [0, 0.05) is 6.42 Å². The monoisotopic (exact) mass is 474 g/mol. The Kier molecular flexibility index (Phi) is 12.1. The molecule has 0 radical (unpaired) electrons. The van der Waals surface area contributed by atoms with Crippen LogP contribution in [-0.4, -0.2) is 5.97 Å². The molecule has 1 atom stereocenters. The first-order chi connectivity index (χ1) is 17.2. The number of hydrogen-bond donors (Lipinski definition) is 0. The first kappa shape index (κ1) is 27.2. The van der Waals surface area contributed by atoms with E-state index >= 15 is 0 Å². The summed E-state index contributed by atoms with van der Waals surface area (Å²) in [6, 6.07) is 16.9. The van der Waals surface area contributed by atoms with Crippen molar-refractivity contribution < 1.29 is 9.53 Å². The standard InChI is InChI=1S/C33H46O2/c1-3-5-7-9-10-11-13-27-15-17-28(18-16-27)29-19-21-30(22-20-29)31-23-25-32(26-24-31)35-33(34)14-12-8-6-4-2/h17,19-27H,3-16,18H2,1-2H3. The smallest absolute Gasteiger partial charge is 0.311 e. The molecule has 1 unspecified atom stereocenters. The summed E-state index contributed by atoms with van der Waals surface area (Å²) in [5.41, 5.74) is 5.22. The second kappa shape index (κ2) is 15.6. The molecule has 2 aromatic carbocycles. The summed E-state index contributed by atoms with van der Waals surface area (Å²) in [5.74, 6) is 1.38. The van der Waals surface area contributed by atoms with Gasteiger partial charge in [0.1, 0.15) is 5.75 Å². The zero-order chi connectivity index (χ0) is 24.7. The minimum atomic E-state index is -0.131. The average Bonchev–Trinajstić information content (AvgIpc) is 2.90. The van der Waals surface area contributed by atoms with E-state index in [1.807, 2.05) is 24.3 Å². The lowest BCUT2D eigenvalue weighted by Gasteiger charge is -2.22. The van der Waals surface area contributed by atoms with Gasteiger partial charge in [0.2, 0.25) is 0 Å². The molecule has 2 aromatic rings. The van der Waals surface area contributed by atoms with Crippen LogP contribution in [0.5, 0.6) is 5.75 Å². The average molecular weight is 475 g/mol. The van der Waals surface area contributed by atoms with Crippen LogP contribution >= 0.6 is 0 Å². The highest BCUT2D eigenvalue weighted by atomic mass is 16.5. The quantitative estimate of drug-likeness (QED) is 0.146. The Labute approximate surface area is 214 Å². The van der Waals surface area contributed by atoms with E-state index in [9.17, 15) is 4.79 Å². The first-order valence-electron chi connectivity index (χ1n) is 14.3. The molecule has 35 heavy (non-hydrogen) atoms. The van der Waals surface area contributed by atoms with Crippen LogP contribution in [0.4, 0.5) is 0 Å². The van der Waals surface area contributed by atoms with Gasteiger partial charge in [-0.15, -0.1) is 0 Å². The molecule has 0 fully saturated rings. The summed E-state index contributed by atoms with van der Waals surface area (Å²) in [4.78, 5) is 12.0.